The van der Waals surface area contributed by atoms with Gasteiger partial charge in [0.15, 0.2) is 11.2 Å². The Morgan fingerprint density at radius 3 is 2.87 bits per heavy atom. The Morgan fingerprint density at radius 1 is 1.30 bits per heavy atom. The number of carbonyl (C=O) groups is 1. The molecule has 0 bridgehead atoms. The van der Waals surface area contributed by atoms with Crippen LogP contribution in [0.5, 0.6) is 5.75 Å². The van der Waals surface area contributed by atoms with E-state index in [1.165, 1.54) is 28.7 Å². The molecule has 10 nitrogen and oxygen atoms in total. The maximum absolute atomic E-state index is 12.9. The topological polar surface area (TPSA) is 104 Å². The van der Waals surface area contributed by atoms with Crippen LogP contribution in [0.15, 0.2) is 34.4 Å². The molecule has 1 saturated heterocycles. The summed E-state index contributed by atoms with van der Waals surface area (Å²) in [5.41, 5.74) is -0.468. The molecule has 0 spiro atoms. The molecule has 11 heteroatoms. The van der Waals surface area contributed by atoms with Crippen molar-refractivity contribution in [2.75, 3.05) is 13.1 Å². The number of imidazole rings is 1. The van der Waals surface area contributed by atoms with Crippen LogP contribution in [0.25, 0.3) is 11.2 Å². The zero-order chi connectivity index (χ0) is 21.4. The summed E-state index contributed by atoms with van der Waals surface area (Å²) in [6.07, 6.45) is 5.94. The average molecular weight is 433 g/mol. The molecule has 1 aliphatic rings. The molecule has 0 N–H and O–H groups in total. The van der Waals surface area contributed by atoms with Gasteiger partial charge in [-0.3, -0.25) is 23.7 Å². The zero-order valence-electron chi connectivity index (χ0n) is 16.6. The molecule has 0 aliphatic carbocycles. The maximum atomic E-state index is 12.9. The van der Waals surface area contributed by atoms with Gasteiger partial charge in [-0.15, -0.1) is 0 Å². The molecule has 30 heavy (non-hydrogen) atoms. The molecule has 4 rings (SSSR count). The third kappa shape index (κ3) is 3.58. The van der Waals surface area contributed by atoms with Crippen LogP contribution < -0.4 is 16.0 Å². The first kappa shape index (κ1) is 20.1. The van der Waals surface area contributed by atoms with Gasteiger partial charge in [0.1, 0.15) is 23.4 Å². The van der Waals surface area contributed by atoms with Crippen LogP contribution in [-0.2, 0) is 25.4 Å². The predicted octanol–water partition coefficient (Wildman–Crippen LogP) is 0.552. The standard InChI is InChI=1S/C19H21ClN6O4/c1-23-17-16(18(28)24(2)19(23)29)26(11-22-17)10-15(27)25-7-3-4-12(9-25)30-14-5-6-21-8-13(14)20/h5-6,8,11-12H,3-4,7,9-10H2,1-2H3. The van der Waals surface area contributed by atoms with Gasteiger partial charge in [-0.1, -0.05) is 11.6 Å². The first-order valence-corrected chi connectivity index (χ1v) is 9.89. The Kier molecular flexibility index (Phi) is 5.33. The Balaban J connectivity index is 1.52. The summed E-state index contributed by atoms with van der Waals surface area (Å²) in [6.45, 7) is 0.971. The molecule has 1 amide bonds. The van der Waals surface area contributed by atoms with Gasteiger partial charge in [-0.2, -0.15) is 0 Å². The molecule has 3 aromatic heterocycles. The quantitative estimate of drug-likeness (QED) is 0.596. The highest BCUT2D eigenvalue weighted by Crippen LogP contribution is 2.25. The van der Waals surface area contributed by atoms with E-state index in [1.807, 2.05) is 0 Å². The third-order valence-electron chi connectivity index (χ3n) is 5.28. The molecular formula is C19H21ClN6O4. The average Bonchev–Trinajstić information content (AvgIpc) is 3.16. The predicted molar refractivity (Wildman–Crippen MR) is 110 cm³/mol. The van der Waals surface area contributed by atoms with Gasteiger partial charge in [0, 0.05) is 39.1 Å². The van der Waals surface area contributed by atoms with E-state index < -0.39 is 11.2 Å². The number of hydrogen-bond acceptors (Lipinski definition) is 6. The summed E-state index contributed by atoms with van der Waals surface area (Å²) in [5.74, 6) is 0.385. The molecule has 0 aromatic carbocycles. The number of hydrogen-bond donors (Lipinski definition) is 0. The van der Waals surface area contributed by atoms with Gasteiger partial charge in [0.25, 0.3) is 5.56 Å². The fourth-order valence-electron chi connectivity index (χ4n) is 3.66. The monoisotopic (exact) mass is 432 g/mol. The van der Waals surface area contributed by atoms with Gasteiger partial charge < -0.3 is 14.2 Å². The van der Waals surface area contributed by atoms with Crippen molar-refractivity contribution >= 4 is 28.7 Å². The number of ether oxygens (including phenoxy) is 1. The summed E-state index contributed by atoms with van der Waals surface area (Å²) in [4.78, 5) is 47.4. The second-order valence-corrected chi connectivity index (χ2v) is 7.69. The molecule has 1 unspecified atom stereocenters. The number of aryl methyl sites for hydroxylation is 1. The van der Waals surface area contributed by atoms with E-state index >= 15 is 0 Å². The minimum atomic E-state index is -0.481. The molecule has 158 valence electrons. The summed E-state index contributed by atoms with van der Waals surface area (Å²) in [5, 5.41) is 0.423. The SMILES string of the molecule is Cn1c(=O)c2c(ncn2CC(=O)N2CCCC(Oc3ccncc3Cl)C2)n(C)c1=O. The second kappa shape index (κ2) is 7.94. The highest BCUT2D eigenvalue weighted by molar-refractivity contribution is 6.31. The van der Waals surface area contributed by atoms with Gasteiger partial charge in [-0.25, -0.2) is 9.78 Å². The summed E-state index contributed by atoms with van der Waals surface area (Å²) >= 11 is 6.11. The van der Waals surface area contributed by atoms with Crippen molar-refractivity contribution in [1.29, 1.82) is 0 Å². The number of carbonyl (C=O) groups excluding carboxylic acids is 1. The summed E-state index contributed by atoms with van der Waals surface area (Å²) < 4.78 is 9.75. The molecule has 1 fully saturated rings. The molecule has 0 saturated carbocycles. The van der Waals surface area contributed by atoms with Crippen molar-refractivity contribution in [3.63, 3.8) is 0 Å². The fraction of sp³-hybridized carbons (Fsp3) is 0.421. The first-order valence-electron chi connectivity index (χ1n) is 9.51. The number of halogens is 1. The third-order valence-corrected chi connectivity index (χ3v) is 5.57. The van der Waals surface area contributed by atoms with E-state index in [-0.39, 0.29) is 29.7 Å². The lowest BCUT2D eigenvalue weighted by Crippen LogP contribution is -2.45. The number of pyridine rings is 1. The first-order chi connectivity index (χ1) is 14.4. The number of rotatable bonds is 4. The van der Waals surface area contributed by atoms with Crippen LogP contribution in [0.3, 0.4) is 0 Å². The van der Waals surface area contributed by atoms with Gasteiger partial charge in [-0.05, 0) is 12.8 Å². The number of fused-ring (bicyclic) bond motifs is 1. The lowest BCUT2D eigenvalue weighted by molar-refractivity contribution is -0.134. The van der Waals surface area contributed by atoms with Crippen LogP contribution >= 0.6 is 11.6 Å². The minimum Gasteiger partial charge on any atom is -0.487 e. The van der Waals surface area contributed by atoms with E-state index in [0.717, 1.165) is 17.4 Å². The lowest BCUT2D eigenvalue weighted by atomic mass is 10.1. The Bertz CT molecular complexity index is 1230. The Hall–Kier alpha value is -3.14. The van der Waals surface area contributed by atoms with E-state index in [0.29, 0.717) is 23.9 Å². The molecule has 1 atom stereocenters. The van der Waals surface area contributed by atoms with Gasteiger partial charge in [0.05, 0.1) is 12.9 Å². The van der Waals surface area contributed by atoms with Crippen molar-refractivity contribution in [1.82, 2.24) is 28.6 Å². The molecule has 4 heterocycles. The minimum absolute atomic E-state index is 0.0489. The summed E-state index contributed by atoms with van der Waals surface area (Å²) in [6, 6.07) is 1.70. The van der Waals surface area contributed by atoms with Crippen LogP contribution in [0, 0.1) is 0 Å². The van der Waals surface area contributed by atoms with Crippen LogP contribution in [0.4, 0.5) is 0 Å². The molecule has 3 aromatic rings. The Morgan fingerprint density at radius 2 is 2.10 bits per heavy atom. The number of aromatic nitrogens is 5. The highest BCUT2D eigenvalue weighted by atomic mass is 35.5. The number of piperidine rings is 1. The van der Waals surface area contributed by atoms with Crippen LogP contribution in [0.2, 0.25) is 5.02 Å². The number of likely N-dealkylation sites (tertiary alicyclic amines) is 1. The van der Waals surface area contributed by atoms with E-state index in [4.69, 9.17) is 16.3 Å². The second-order valence-electron chi connectivity index (χ2n) is 7.28. The van der Waals surface area contributed by atoms with E-state index in [2.05, 4.69) is 9.97 Å². The fourth-order valence-corrected chi connectivity index (χ4v) is 3.82. The van der Waals surface area contributed by atoms with Crippen molar-refractivity contribution < 1.29 is 9.53 Å². The lowest BCUT2D eigenvalue weighted by Gasteiger charge is -2.33. The van der Waals surface area contributed by atoms with E-state index in [1.54, 1.807) is 24.2 Å². The number of amides is 1. The Labute approximate surface area is 176 Å². The van der Waals surface area contributed by atoms with E-state index in [9.17, 15) is 14.4 Å². The number of nitrogens with zero attached hydrogens (tertiary/aromatic N) is 6. The van der Waals surface area contributed by atoms with Crippen molar-refractivity contribution in [2.24, 2.45) is 14.1 Å². The van der Waals surface area contributed by atoms with Crippen LogP contribution in [-0.4, -0.2) is 53.7 Å². The van der Waals surface area contributed by atoms with Crippen molar-refractivity contribution in [2.45, 2.75) is 25.5 Å². The van der Waals surface area contributed by atoms with Crippen molar-refractivity contribution in [3.05, 3.63) is 50.6 Å². The largest absolute Gasteiger partial charge is 0.487 e. The summed E-state index contributed by atoms with van der Waals surface area (Å²) in [7, 11) is 2.94. The highest BCUT2D eigenvalue weighted by Gasteiger charge is 2.26. The normalized spacial score (nSPS) is 16.8. The molecular weight excluding hydrogens is 412 g/mol. The molecule has 1 aliphatic heterocycles. The van der Waals surface area contributed by atoms with Crippen LogP contribution in [0.1, 0.15) is 12.8 Å². The van der Waals surface area contributed by atoms with Gasteiger partial charge in [0.2, 0.25) is 5.91 Å². The van der Waals surface area contributed by atoms with Gasteiger partial charge >= 0.3 is 5.69 Å². The van der Waals surface area contributed by atoms with Crippen molar-refractivity contribution in [3.8, 4) is 5.75 Å². The smallest absolute Gasteiger partial charge is 0.332 e. The molecule has 0 radical (unpaired) electrons. The maximum Gasteiger partial charge on any atom is 0.332 e. The zero-order valence-corrected chi connectivity index (χ0v) is 17.4.